The third-order valence-electron chi connectivity index (χ3n) is 3.97. The Morgan fingerprint density at radius 1 is 0.850 bits per heavy atom. The predicted molar refractivity (Wildman–Crippen MR) is 81.6 cm³/mol. The minimum absolute atomic E-state index is 0.0478. The molecule has 0 N–H and O–H groups in total. The number of carbonyl (C=O) groups excluding carboxylic acids is 2. The number of amides is 3. The lowest BCUT2D eigenvalue weighted by atomic mass is 10.1. The monoisotopic (exact) mass is 282 g/mol. The Hall–Kier alpha value is -1.06. The minimum atomic E-state index is -0.133. The zero-order valence-electron chi connectivity index (χ0n) is 13.2. The highest BCUT2D eigenvalue weighted by molar-refractivity contribution is 6.01. The van der Waals surface area contributed by atoms with Crippen LogP contribution in [0.15, 0.2) is 0 Å². The summed E-state index contributed by atoms with van der Waals surface area (Å²) in [5, 5.41) is 0. The summed E-state index contributed by atoms with van der Waals surface area (Å²) in [4.78, 5) is 26.1. The van der Waals surface area contributed by atoms with Gasteiger partial charge < -0.3 is 4.90 Å². The topological polar surface area (TPSA) is 40.6 Å². The number of hydrogen-bond acceptors (Lipinski definition) is 2. The van der Waals surface area contributed by atoms with Gasteiger partial charge in [0.15, 0.2) is 0 Å². The van der Waals surface area contributed by atoms with E-state index in [1.165, 1.54) is 61.2 Å². The molecule has 1 heterocycles. The summed E-state index contributed by atoms with van der Waals surface area (Å²) < 4.78 is 0. The number of urea groups is 1. The number of carbonyl (C=O) groups is 2. The third kappa shape index (κ3) is 5.93. The number of nitrogens with zero attached hydrogens (tertiary/aromatic N) is 2. The maximum atomic E-state index is 11.6. The van der Waals surface area contributed by atoms with Gasteiger partial charge in [0.05, 0.1) is 0 Å². The Labute approximate surface area is 123 Å². The summed E-state index contributed by atoms with van der Waals surface area (Å²) in [5.41, 5.74) is 0. The lowest BCUT2D eigenvalue weighted by molar-refractivity contribution is -0.125. The quantitative estimate of drug-likeness (QED) is 0.427. The van der Waals surface area contributed by atoms with Crippen molar-refractivity contribution in [3.8, 4) is 0 Å². The largest absolute Gasteiger partial charge is 0.326 e. The fraction of sp³-hybridized carbons (Fsp3) is 0.875. The van der Waals surface area contributed by atoms with Crippen LogP contribution in [0.4, 0.5) is 4.79 Å². The Balaban J connectivity index is 1.92. The second-order valence-electron chi connectivity index (χ2n) is 5.87. The van der Waals surface area contributed by atoms with Crippen molar-refractivity contribution in [1.82, 2.24) is 9.80 Å². The van der Waals surface area contributed by atoms with Gasteiger partial charge in [0, 0.05) is 13.6 Å². The number of imide groups is 1. The molecule has 1 saturated heterocycles. The van der Waals surface area contributed by atoms with Gasteiger partial charge >= 0.3 is 6.03 Å². The lowest BCUT2D eigenvalue weighted by Gasteiger charge is -2.13. The zero-order chi connectivity index (χ0) is 14.8. The fourth-order valence-corrected chi connectivity index (χ4v) is 2.65. The molecular weight excluding hydrogens is 252 g/mol. The minimum Gasteiger partial charge on any atom is -0.318 e. The number of unbranched alkanes of at least 4 members (excludes halogenated alkanes) is 9. The molecule has 0 unspecified atom stereocenters. The van der Waals surface area contributed by atoms with Crippen molar-refractivity contribution in [3.05, 3.63) is 0 Å². The van der Waals surface area contributed by atoms with Crippen molar-refractivity contribution >= 4 is 11.9 Å². The normalized spacial score (nSPS) is 15.5. The van der Waals surface area contributed by atoms with E-state index in [-0.39, 0.29) is 18.5 Å². The molecule has 0 aromatic heterocycles. The first-order valence-corrected chi connectivity index (χ1v) is 8.22. The van der Waals surface area contributed by atoms with Gasteiger partial charge in [0.2, 0.25) is 5.91 Å². The van der Waals surface area contributed by atoms with Crippen LogP contribution in [-0.2, 0) is 4.79 Å². The van der Waals surface area contributed by atoms with E-state index in [2.05, 4.69) is 6.92 Å². The first kappa shape index (κ1) is 17.0. The van der Waals surface area contributed by atoms with Gasteiger partial charge in [0.1, 0.15) is 6.54 Å². The van der Waals surface area contributed by atoms with Crippen molar-refractivity contribution in [2.24, 2.45) is 0 Å². The number of rotatable bonds is 11. The van der Waals surface area contributed by atoms with Crippen LogP contribution >= 0.6 is 0 Å². The lowest BCUT2D eigenvalue weighted by Crippen LogP contribution is -2.32. The van der Waals surface area contributed by atoms with E-state index >= 15 is 0 Å². The Morgan fingerprint density at radius 3 is 1.80 bits per heavy atom. The molecule has 0 aromatic rings. The van der Waals surface area contributed by atoms with Gasteiger partial charge in [0.25, 0.3) is 0 Å². The van der Waals surface area contributed by atoms with Crippen LogP contribution < -0.4 is 0 Å². The summed E-state index contributed by atoms with van der Waals surface area (Å²) in [6, 6.07) is -0.133. The van der Waals surface area contributed by atoms with Crippen molar-refractivity contribution in [2.45, 2.75) is 71.1 Å². The second-order valence-corrected chi connectivity index (χ2v) is 5.87. The summed E-state index contributed by atoms with van der Waals surface area (Å²) >= 11 is 0. The molecule has 1 aliphatic heterocycles. The molecule has 116 valence electrons. The van der Waals surface area contributed by atoms with Crippen LogP contribution in [0.1, 0.15) is 71.1 Å². The van der Waals surface area contributed by atoms with E-state index in [4.69, 9.17) is 0 Å². The van der Waals surface area contributed by atoms with Crippen LogP contribution in [-0.4, -0.2) is 41.9 Å². The molecular formula is C16H30N2O2. The van der Waals surface area contributed by atoms with Crippen LogP contribution in [0.25, 0.3) is 0 Å². The molecule has 1 aliphatic rings. The van der Waals surface area contributed by atoms with E-state index in [9.17, 15) is 9.59 Å². The first-order chi connectivity index (χ1) is 9.66. The van der Waals surface area contributed by atoms with Crippen LogP contribution in [0.3, 0.4) is 0 Å². The third-order valence-corrected chi connectivity index (χ3v) is 3.97. The maximum absolute atomic E-state index is 11.6. The Bertz CT molecular complexity index is 305. The van der Waals surface area contributed by atoms with E-state index in [0.717, 1.165) is 12.8 Å². The smallest absolute Gasteiger partial charge is 0.318 e. The molecule has 0 atom stereocenters. The van der Waals surface area contributed by atoms with Crippen LogP contribution in [0, 0.1) is 0 Å². The van der Waals surface area contributed by atoms with E-state index in [1.54, 1.807) is 7.05 Å². The van der Waals surface area contributed by atoms with Crippen molar-refractivity contribution in [1.29, 1.82) is 0 Å². The molecule has 0 aliphatic carbocycles. The van der Waals surface area contributed by atoms with Gasteiger partial charge in [-0.1, -0.05) is 64.7 Å². The Morgan fingerprint density at radius 2 is 1.35 bits per heavy atom. The maximum Gasteiger partial charge on any atom is 0.326 e. The average molecular weight is 282 g/mol. The van der Waals surface area contributed by atoms with E-state index < -0.39 is 0 Å². The molecule has 0 spiro atoms. The van der Waals surface area contributed by atoms with Gasteiger partial charge in [-0.15, -0.1) is 0 Å². The van der Waals surface area contributed by atoms with Crippen LogP contribution in [0.5, 0.6) is 0 Å². The van der Waals surface area contributed by atoms with E-state index in [0.29, 0.717) is 6.54 Å². The van der Waals surface area contributed by atoms with Crippen molar-refractivity contribution in [2.75, 3.05) is 20.1 Å². The van der Waals surface area contributed by atoms with Crippen molar-refractivity contribution in [3.63, 3.8) is 0 Å². The van der Waals surface area contributed by atoms with Gasteiger partial charge in [-0.25, -0.2) is 4.79 Å². The first-order valence-electron chi connectivity index (χ1n) is 8.22. The summed E-state index contributed by atoms with van der Waals surface area (Å²) in [7, 11) is 1.68. The van der Waals surface area contributed by atoms with Gasteiger partial charge in [-0.3, -0.25) is 9.69 Å². The summed E-state index contributed by atoms with van der Waals surface area (Å²) in [6.07, 6.45) is 12.7. The summed E-state index contributed by atoms with van der Waals surface area (Å²) in [5.74, 6) is -0.0478. The highest BCUT2D eigenvalue weighted by atomic mass is 16.2. The molecule has 1 fully saturated rings. The molecule has 3 amide bonds. The fourth-order valence-electron chi connectivity index (χ4n) is 2.65. The summed E-state index contributed by atoms with van der Waals surface area (Å²) in [6.45, 7) is 3.09. The zero-order valence-corrected chi connectivity index (χ0v) is 13.2. The molecule has 1 rings (SSSR count). The highest BCUT2D eigenvalue weighted by Crippen LogP contribution is 2.13. The highest BCUT2D eigenvalue weighted by Gasteiger charge is 2.32. The molecule has 0 aromatic carbocycles. The Kier molecular flexibility index (Phi) is 8.31. The molecule has 0 saturated carbocycles. The second kappa shape index (κ2) is 9.78. The molecule has 20 heavy (non-hydrogen) atoms. The van der Waals surface area contributed by atoms with Gasteiger partial charge in [-0.2, -0.15) is 0 Å². The number of likely N-dealkylation sites (N-methyl/N-ethyl adjacent to an activating group) is 1. The molecule has 0 bridgehead atoms. The van der Waals surface area contributed by atoms with Gasteiger partial charge in [-0.05, 0) is 6.42 Å². The molecule has 4 nitrogen and oxygen atoms in total. The SMILES string of the molecule is CCCCCCCCCCCCN1C(=O)CN(C)C1=O. The van der Waals surface area contributed by atoms with Crippen LogP contribution in [0.2, 0.25) is 0 Å². The average Bonchev–Trinajstić information content (AvgIpc) is 2.67. The number of hydrogen-bond donors (Lipinski definition) is 0. The van der Waals surface area contributed by atoms with E-state index in [1.807, 2.05) is 0 Å². The van der Waals surface area contributed by atoms with Crippen molar-refractivity contribution < 1.29 is 9.59 Å². The standard InChI is InChI=1S/C16H30N2O2/c1-3-4-5-6-7-8-9-10-11-12-13-18-15(19)14-17(2)16(18)20/h3-14H2,1-2H3. The molecule has 0 radical (unpaired) electrons. The predicted octanol–water partition coefficient (Wildman–Crippen LogP) is 3.80. The molecule has 4 heteroatoms.